The van der Waals surface area contributed by atoms with Gasteiger partial charge >= 0.3 is 0 Å². The number of piperazine rings is 1. The normalized spacial score (nSPS) is 16.9. The SMILES string of the molecule is O=C1NCCN(C(=O)c2cc([N+](=O)[O-])ccc2Cl)[C@@H]1c1ccccc1F. The van der Waals surface area contributed by atoms with Gasteiger partial charge in [0.2, 0.25) is 5.91 Å². The number of nitro groups is 1. The van der Waals surface area contributed by atoms with E-state index in [0.717, 1.165) is 6.07 Å². The van der Waals surface area contributed by atoms with Gasteiger partial charge in [-0.2, -0.15) is 0 Å². The van der Waals surface area contributed by atoms with Crippen molar-refractivity contribution in [3.05, 3.63) is 74.5 Å². The number of rotatable bonds is 3. The predicted octanol–water partition coefficient (Wildman–Crippen LogP) is 2.70. The van der Waals surface area contributed by atoms with Crippen molar-refractivity contribution in [2.45, 2.75) is 6.04 Å². The van der Waals surface area contributed by atoms with Crippen molar-refractivity contribution in [2.24, 2.45) is 0 Å². The number of carbonyl (C=O) groups excluding carboxylic acids is 2. The molecule has 2 aromatic carbocycles. The average Bonchev–Trinajstić information content (AvgIpc) is 2.62. The van der Waals surface area contributed by atoms with Crippen molar-refractivity contribution in [3.8, 4) is 0 Å². The minimum atomic E-state index is -1.19. The second-order valence-corrected chi connectivity index (χ2v) is 6.04. The molecule has 9 heteroatoms. The number of amides is 2. The van der Waals surface area contributed by atoms with Gasteiger partial charge in [0, 0.05) is 30.8 Å². The van der Waals surface area contributed by atoms with Crippen molar-refractivity contribution < 1.29 is 18.9 Å². The Morgan fingerprint density at radius 3 is 2.73 bits per heavy atom. The lowest BCUT2D eigenvalue weighted by atomic mass is 10.0. The maximum absolute atomic E-state index is 14.2. The van der Waals surface area contributed by atoms with E-state index in [-0.39, 0.29) is 34.9 Å². The summed E-state index contributed by atoms with van der Waals surface area (Å²) in [5.41, 5.74) is -0.377. The van der Waals surface area contributed by atoms with Crippen molar-refractivity contribution in [1.29, 1.82) is 0 Å². The molecule has 2 amide bonds. The largest absolute Gasteiger partial charge is 0.352 e. The van der Waals surface area contributed by atoms with Gasteiger partial charge in [0.15, 0.2) is 0 Å². The summed E-state index contributed by atoms with van der Waals surface area (Å²) in [5.74, 6) is -1.84. The molecular weight excluding hydrogens is 365 g/mol. The van der Waals surface area contributed by atoms with Crippen molar-refractivity contribution in [3.63, 3.8) is 0 Å². The first-order valence-electron chi connectivity index (χ1n) is 7.67. The van der Waals surface area contributed by atoms with Crippen LogP contribution in [0.1, 0.15) is 22.0 Å². The molecule has 1 heterocycles. The highest BCUT2D eigenvalue weighted by atomic mass is 35.5. The molecule has 0 aliphatic carbocycles. The second kappa shape index (κ2) is 7.09. The third-order valence-corrected chi connectivity index (χ3v) is 4.39. The lowest BCUT2D eigenvalue weighted by Gasteiger charge is -2.35. The van der Waals surface area contributed by atoms with E-state index < -0.39 is 28.6 Å². The molecule has 0 radical (unpaired) electrons. The van der Waals surface area contributed by atoms with Crippen LogP contribution in [0.25, 0.3) is 0 Å². The molecule has 1 aliphatic rings. The molecule has 1 atom stereocenters. The van der Waals surface area contributed by atoms with Crippen LogP contribution in [-0.4, -0.2) is 34.7 Å². The molecule has 0 saturated carbocycles. The van der Waals surface area contributed by atoms with Gasteiger partial charge in [0.05, 0.1) is 15.5 Å². The van der Waals surface area contributed by atoms with Crippen LogP contribution in [0.5, 0.6) is 0 Å². The minimum Gasteiger partial charge on any atom is -0.352 e. The molecule has 7 nitrogen and oxygen atoms in total. The van der Waals surface area contributed by atoms with Gasteiger partial charge in [-0.1, -0.05) is 29.8 Å². The Bertz CT molecular complexity index is 905. The average molecular weight is 378 g/mol. The molecule has 0 aromatic heterocycles. The Kier molecular flexibility index (Phi) is 4.85. The lowest BCUT2D eigenvalue weighted by molar-refractivity contribution is -0.384. The third kappa shape index (κ3) is 3.23. The monoisotopic (exact) mass is 377 g/mol. The van der Waals surface area contributed by atoms with E-state index in [4.69, 9.17) is 11.6 Å². The summed E-state index contributed by atoms with van der Waals surface area (Å²) in [7, 11) is 0. The summed E-state index contributed by atoms with van der Waals surface area (Å²) in [5, 5.41) is 13.6. The van der Waals surface area contributed by atoms with Crippen LogP contribution in [0, 0.1) is 15.9 Å². The standard InChI is InChI=1S/C17H13ClFN3O4/c18-13-6-5-10(22(25)26)9-12(13)17(24)21-8-7-20-16(23)15(21)11-3-1-2-4-14(11)19/h1-6,9,15H,7-8H2,(H,20,23)/t15-/m1/s1. The van der Waals surface area contributed by atoms with E-state index >= 15 is 0 Å². The van der Waals surface area contributed by atoms with Crippen LogP contribution in [-0.2, 0) is 4.79 Å². The Hall–Kier alpha value is -3.00. The molecule has 1 N–H and O–H groups in total. The van der Waals surface area contributed by atoms with Crippen LogP contribution in [0.15, 0.2) is 42.5 Å². The zero-order valence-electron chi connectivity index (χ0n) is 13.3. The molecule has 1 fully saturated rings. The third-order valence-electron chi connectivity index (χ3n) is 4.06. The van der Waals surface area contributed by atoms with E-state index in [1.54, 1.807) is 6.07 Å². The Labute approximate surface area is 152 Å². The van der Waals surface area contributed by atoms with Gasteiger partial charge in [0.1, 0.15) is 11.9 Å². The number of non-ortho nitro benzene ring substituents is 1. The van der Waals surface area contributed by atoms with Crippen LogP contribution in [0.2, 0.25) is 5.02 Å². The topological polar surface area (TPSA) is 92.6 Å². The number of nitro benzene ring substituents is 1. The first kappa shape index (κ1) is 17.8. The maximum atomic E-state index is 14.2. The highest BCUT2D eigenvalue weighted by molar-refractivity contribution is 6.34. The van der Waals surface area contributed by atoms with Crippen molar-refractivity contribution in [2.75, 3.05) is 13.1 Å². The fraction of sp³-hybridized carbons (Fsp3) is 0.176. The van der Waals surface area contributed by atoms with Crippen LogP contribution in [0.3, 0.4) is 0 Å². The van der Waals surface area contributed by atoms with E-state index in [1.807, 2.05) is 0 Å². The molecule has 0 spiro atoms. The van der Waals surface area contributed by atoms with Gasteiger partial charge in [-0.3, -0.25) is 19.7 Å². The zero-order valence-corrected chi connectivity index (χ0v) is 14.1. The van der Waals surface area contributed by atoms with E-state index in [1.165, 1.54) is 35.2 Å². The number of carbonyl (C=O) groups is 2. The van der Waals surface area contributed by atoms with Crippen molar-refractivity contribution >= 4 is 29.1 Å². The summed E-state index contributed by atoms with van der Waals surface area (Å²) in [6, 6.07) is 7.93. The number of hydrogen-bond donors (Lipinski definition) is 1. The Balaban J connectivity index is 2.04. The first-order valence-corrected chi connectivity index (χ1v) is 8.05. The molecule has 2 aromatic rings. The fourth-order valence-electron chi connectivity index (χ4n) is 2.84. The van der Waals surface area contributed by atoms with Crippen LogP contribution in [0.4, 0.5) is 10.1 Å². The van der Waals surface area contributed by atoms with Crippen LogP contribution >= 0.6 is 11.6 Å². The van der Waals surface area contributed by atoms with Gasteiger partial charge in [0.25, 0.3) is 11.6 Å². The van der Waals surface area contributed by atoms with Crippen LogP contribution < -0.4 is 5.32 Å². The zero-order chi connectivity index (χ0) is 18.8. The summed E-state index contributed by atoms with van der Waals surface area (Å²) >= 11 is 6.03. The molecule has 0 unspecified atom stereocenters. The first-order chi connectivity index (χ1) is 12.4. The molecule has 1 aliphatic heterocycles. The lowest BCUT2D eigenvalue weighted by Crippen LogP contribution is -2.52. The van der Waals surface area contributed by atoms with Crippen molar-refractivity contribution in [1.82, 2.24) is 10.2 Å². The smallest absolute Gasteiger partial charge is 0.270 e. The maximum Gasteiger partial charge on any atom is 0.270 e. The highest BCUT2D eigenvalue weighted by Gasteiger charge is 2.37. The fourth-order valence-corrected chi connectivity index (χ4v) is 3.04. The molecule has 3 rings (SSSR count). The molecule has 26 heavy (non-hydrogen) atoms. The van der Waals surface area contributed by atoms with Gasteiger partial charge in [-0.15, -0.1) is 0 Å². The number of nitrogens with one attached hydrogen (secondary N) is 1. The van der Waals surface area contributed by atoms with Gasteiger partial charge in [-0.05, 0) is 12.1 Å². The summed E-state index contributed by atoms with van der Waals surface area (Å²) < 4.78 is 14.2. The molecule has 1 saturated heterocycles. The molecule has 134 valence electrons. The molecular formula is C17H13ClFN3O4. The minimum absolute atomic E-state index is 0.0128. The second-order valence-electron chi connectivity index (χ2n) is 5.63. The summed E-state index contributed by atoms with van der Waals surface area (Å²) in [6.07, 6.45) is 0. The number of nitrogens with zero attached hydrogens (tertiary/aromatic N) is 2. The number of benzene rings is 2. The molecule has 0 bridgehead atoms. The number of hydrogen-bond acceptors (Lipinski definition) is 4. The quantitative estimate of drug-likeness (QED) is 0.657. The summed E-state index contributed by atoms with van der Waals surface area (Å²) in [4.78, 5) is 36.8. The van der Waals surface area contributed by atoms with E-state index in [9.17, 15) is 24.1 Å². The Morgan fingerprint density at radius 2 is 2.04 bits per heavy atom. The van der Waals surface area contributed by atoms with E-state index in [0.29, 0.717) is 0 Å². The Morgan fingerprint density at radius 1 is 1.31 bits per heavy atom. The van der Waals surface area contributed by atoms with Gasteiger partial charge < -0.3 is 10.2 Å². The van der Waals surface area contributed by atoms with Gasteiger partial charge in [-0.25, -0.2) is 4.39 Å². The number of halogens is 2. The predicted molar refractivity (Wildman–Crippen MR) is 91.3 cm³/mol. The van der Waals surface area contributed by atoms with E-state index in [2.05, 4.69) is 5.32 Å². The summed E-state index contributed by atoms with van der Waals surface area (Å²) in [6.45, 7) is 0.296. The highest BCUT2D eigenvalue weighted by Crippen LogP contribution is 2.30.